The van der Waals surface area contributed by atoms with Crippen molar-refractivity contribution >= 4 is 5.91 Å². The zero-order valence-electron chi connectivity index (χ0n) is 12.7. The third kappa shape index (κ3) is 5.70. The lowest BCUT2D eigenvalue weighted by molar-refractivity contribution is -0.123. The number of hydrogen-bond acceptors (Lipinski definition) is 2. The van der Waals surface area contributed by atoms with E-state index in [2.05, 4.69) is 24.5 Å². The first kappa shape index (κ1) is 16.6. The molecule has 0 aliphatic rings. The highest BCUT2D eigenvalue weighted by molar-refractivity contribution is 5.81. The van der Waals surface area contributed by atoms with Crippen LogP contribution in [0, 0.1) is 11.7 Å². The molecule has 0 saturated heterocycles. The first-order valence-electron chi connectivity index (χ1n) is 7.14. The third-order valence-electron chi connectivity index (χ3n) is 3.21. The van der Waals surface area contributed by atoms with Crippen molar-refractivity contribution in [3.05, 3.63) is 35.6 Å². The van der Waals surface area contributed by atoms with Gasteiger partial charge < -0.3 is 10.6 Å². The van der Waals surface area contributed by atoms with Gasteiger partial charge in [-0.25, -0.2) is 4.39 Å². The zero-order chi connectivity index (χ0) is 15.1. The summed E-state index contributed by atoms with van der Waals surface area (Å²) < 4.78 is 12.9. The van der Waals surface area contributed by atoms with Crippen molar-refractivity contribution in [2.24, 2.45) is 5.92 Å². The number of halogens is 1. The van der Waals surface area contributed by atoms with Crippen molar-refractivity contribution in [2.45, 2.75) is 45.7 Å². The fourth-order valence-corrected chi connectivity index (χ4v) is 2.27. The predicted molar refractivity (Wildman–Crippen MR) is 80.0 cm³/mol. The summed E-state index contributed by atoms with van der Waals surface area (Å²) in [5.41, 5.74) is 1.06. The van der Waals surface area contributed by atoms with Crippen molar-refractivity contribution < 1.29 is 9.18 Å². The van der Waals surface area contributed by atoms with E-state index in [0.29, 0.717) is 5.92 Å². The first-order valence-corrected chi connectivity index (χ1v) is 7.14. The van der Waals surface area contributed by atoms with E-state index in [1.54, 1.807) is 19.2 Å². The van der Waals surface area contributed by atoms with Gasteiger partial charge in [0, 0.05) is 13.1 Å². The first-order chi connectivity index (χ1) is 9.42. The van der Waals surface area contributed by atoms with Crippen LogP contribution in [0.25, 0.3) is 0 Å². The molecule has 20 heavy (non-hydrogen) atoms. The molecule has 2 unspecified atom stereocenters. The SMILES string of the molecule is CNC(=O)C(CC(C)C)NC(C)Cc1ccc(F)cc1. The summed E-state index contributed by atoms with van der Waals surface area (Å²) in [6, 6.07) is 6.46. The Labute approximate surface area is 121 Å². The number of rotatable bonds is 7. The summed E-state index contributed by atoms with van der Waals surface area (Å²) in [6.07, 6.45) is 1.57. The van der Waals surface area contributed by atoms with Crippen molar-refractivity contribution in [1.29, 1.82) is 0 Å². The predicted octanol–water partition coefficient (Wildman–Crippen LogP) is 2.51. The fourth-order valence-electron chi connectivity index (χ4n) is 2.27. The van der Waals surface area contributed by atoms with Gasteiger partial charge in [0.1, 0.15) is 5.82 Å². The van der Waals surface area contributed by atoms with Crippen molar-refractivity contribution in [3.63, 3.8) is 0 Å². The van der Waals surface area contributed by atoms with Gasteiger partial charge in [0.15, 0.2) is 0 Å². The van der Waals surface area contributed by atoms with Gasteiger partial charge in [-0.15, -0.1) is 0 Å². The van der Waals surface area contributed by atoms with Gasteiger partial charge in [-0.1, -0.05) is 26.0 Å². The quantitative estimate of drug-likeness (QED) is 0.806. The van der Waals surface area contributed by atoms with Crippen LogP contribution in [0.3, 0.4) is 0 Å². The Balaban J connectivity index is 2.58. The number of nitrogens with one attached hydrogen (secondary N) is 2. The second-order valence-corrected chi connectivity index (χ2v) is 5.69. The van der Waals surface area contributed by atoms with E-state index >= 15 is 0 Å². The second kappa shape index (κ2) is 8.00. The number of hydrogen-bond donors (Lipinski definition) is 2. The highest BCUT2D eigenvalue weighted by Crippen LogP contribution is 2.09. The summed E-state index contributed by atoms with van der Waals surface area (Å²) in [5.74, 6) is 0.241. The lowest BCUT2D eigenvalue weighted by atomic mass is 10.0. The van der Waals surface area contributed by atoms with E-state index in [1.165, 1.54) is 12.1 Å². The van der Waals surface area contributed by atoms with E-state index in [-0.39, 0.29) is 23.8 Å². The topological polar surface area (TPSA) is 41.1 Å². The maximum Gasteiger partial charge on any atom is 0.236 e. The molecule has 0 saturated carbocycles. The van der Waals surface area contributed by atoms with Crippen LogP contribution in [0.4, 0.5) is 4.39 Å². The van der Waals surface area contributed by atoms with Crippen LogP contribution in [-0.2, 0) is 11.2 Å². The number of carbonyl (C=O) groups excluding carboxylic acids is 1. The molecule has 0 aromatic heterocycles. The number of benzene rings is 1. The highest BCUT2D eigenvalue weighted by Gasteiger charge is 2.20. The normalized spacial score (nSPS) is 14.1. The van der Waals surface area contributed by atoms with Crippen LogP contribution in [0.2, 0.25) is 0 Å². The Morgan fingerprint density at radius 2 is 1.80 bits per heavy atom. The molecule has 2 N–H and O–H groups in total. The van der Waals surface area contributed by atoms with Crippen LogP contribution in [0.5, 0.6) is 0 Å². The lowest BCUT2D eigenvalue weighted by Crippen LogP contribution is -2.47. The molecule has 1 rings (SSSR count). The second-order valence-electron chi connectivity index (χ2n) is 5.69. The molecule has 0 bridgehead atoms. The van der Waals surface area contributed by atoms with Gasteiger partial charge in [-0.3, -0.25) is 4.79 Å². The Morgan fingerprint density at radius 3 is 2.30 bits per heavy atom. The zero-order valence-corrected chi connectivity index (χ0v) is 12.7. The van der Waals surface area contributed by atoms with Gasteiger partial charge in [-0.05, 0) is 43.4 Å². The smallest absolute Gasteiger partial charge is 0.236 e. The maximum absolute atomic E-state index is 12.9. The van der Waals surface area contributed by atoms with Crippen molar-refractivity contribution in [3.8, 4) is 0 Å². The lowest BCUT2D eigenvalue weighted by Gasteiger charge is -2.23. The summed E-state index contributed by atoms with van der Waals surface area (Å²) in [7, 11) is 1.65. The molecule has 0 aliphatic carbocycles. The molecule has 2 atom stereocenters. The van der Waals surface area contributed by atoms with Crippen molar-refractivity contribution in [1.82, 2.24) is 10.6 Å². The van der Waals surface area contributed by atoms with Gasteiger partial charge in [-0.2, -0.15) is 0 Å². The van der Waals surface area contributed by atoms with Gasteiger partial charge >= 0.3 is 0 Å². The van der Waals surface area contributed by atoms with Gasteiger partial charge in [0.2, 0.25) is 5.91 Å². The highest BCUT2D eigenvalue weighted by atomic mass is 19.1. The standard InChI is InChI=1S/C16H25FN2O/c1-11(2)9-15(16(20)18-4)19-12(3)10-13-5-7-14(17)8-6-13/h5-8,11-12,15,19H,9-10H2,1-4H3,(H,18,20). The van der Waals surface area contributed by atoms with E-state index in [9.17, 15) is 9.18 Å². The molecule has 4 heteroatoms. The minimum absolute atomic E-state index is 0.0182. The Hall–Kier alpha value is -1.42. The van der Waals surface area contributed by atoms with Crippen molar-refractivity contribution in [2.75, 3.05) is 7.05 Å². The van der Waals surface area contributed by atoms with E-state index in [1.807, 2.05) is 6.92 Å². The van der Waals surface area contributed by atoms with Gasteiger partial charge in [0.25, 0.3) is 0 Å². The molecule has 1 aromatic rings. The summed E-state index contributed by atoms with van der Waals surface area (Å²) in [6.45, 7) is 6.24. The maximum atomic E-state index is 12.9. The summed E-state index contributed by atoms with van der Waals surface area (Å²) >= 11 is 0. The van der Waals surface area contributed by atoms with E-state index in [0.717, 1.165) is 18.4 Å². The van der Waals surface area contributed by atoms with Gasteiger partial charge in [0.05, 0.1) is 6.04 Å². The summed E-state index contributed by atoms with van der Waals surface area (Å²) in [4.78, 5) is 11.9. The summed E-state index contributed by atoms with van der Waals surface area (Å²) in [5, 5.41) is 6.05. The van der Waals surface area contributed by atoms with Crippen LogP contribution in [0.15, 0.2) is 24.3 Å². The largest absolute Gasteiger partial charge is 0.358 e. The molecular weight excluding hydrogens is 255 g/mol. The molecular formula is C16H25FN2O. The molecule has 0 fully saturated rings. The van der Waals surface area contributed by atoms with Crippen LogP contribution >= 0.6 is 0 Å². The average Bonchev–Trinajstić information content (AvgIpc) is 2.39. The Bertz CT molecular complexity index is 417. The molecule has 1 amide bonds. The molecule has 1 aromatic carbocycles. The molecule has 3 nitrogen and oxygen atoms in total. The van der Waals surface area contributed by atoms with E-state index in [4.69, 9.17) is 0 Å². The van der Waals surface area contributed by atoms with Crippen LogP contribution in [0.1, 0.15) is 32.8 Å². The van der Waals surface area contributed by atoms with E-state index < -0.39 is 0 Å². The molecule has 112 valence electrons. The van der Waals surface area contributed by atoms with Crippen LogP contribution in [-0.4, -0.2) is 25.0 Å². The third-order valence-corrected chi connectivity index (χ3v) is 3.21. The molecule has 0 spiro atoms. The monoisotopic (exact) mass is 280 g/mol. The average molecular weight is 280 g/mol. The Morgan fingerprint density at radius 1 is 1.20 bits per heavy atom. The number of carbonyl (C=O) groups is 1. The minimum atomic E-state index is -0.225. The fraction of sp³-hybridized carbons (Fsp3) is 0.562. The molecule has 0 radical (unpaired) electrons. The molecule has 0 heterocycles. The number of likely N-dealkylation sites (N-methyl/N-ethyl adjacent to an activating group) is 1. The Kier molecular flexibility index (Phi) is 6.65. The van der Waals surface area contributed by atoms with Crippen LogP contribution < -0.4 is 10.6 Å². The molecule has 0 aliphatic heterocycles. The number of amides is 1. The minimum Gasteiger partial charge on any atom is -0.358 e.